The molecule has 1 aliphatic rings. The van der Waals surface area contributed by atoms with Crippen molar-refractivity contribution in [3.63, 3.8) is 0 Å². The number of nitriles is 1. The van der Waals surface area contributed by atoms with Crippen LogP contribution in [0, 0.1) is 11.3 Å². The number of hydrogen-bond acceptors (Lipinski definition) is 5. The molecule has 0 unspecified atom stereocenters. The molecule has 3 rings (SSSR count). The minimum atomic E-state index is -4.77. The molecule has 2 aromatic rings. The second-order valence-corrected chi connectivity index (χ2v) is 8.73. The van der Waals surface area contributed by atoms with Gasteiger partial charge < -0.3 is 19.7 Å². The number of thiocarbonyl (C=S) groups is 1. The van der Waals surface area contributed by atoms with Gasteiger partial charge in [-0.15, -0.1) is 0 Å². The molecule has 1 saturated carbocycles. The van der Waals surface area contributed by atoms with Crippen molar-refractivity contribution in [3.05, 3.63) is 53.3 Å². The van der Waals surface area contributed by atoms with Gasteiger partial charge in [-0.3, -0.25) is 4.79 Å². The van der Waals surface area contributed by atoms with Gasteiger partial charge in [-0.1, -0.05) is 12.1 Å². The number of carbonyl (C=O) groups is 2. The number of nitrogens with zero attached hydrogens (tertiary/aromatic N) is 4. The number of hydrogen-bond donors (Lipinski definition) is 1. The van der Waals surface area contributed by atoms with Crippen molar-refractivity contribution >= 4 is 41.0 Å². The fraction of sp³-hybridized carbons (Fsp3) is 0.375. The number of pyridine rings is 1. The molecule has 0 aliphatic heterocycles. The van der Waals surface area contributed by atoms with Crippen LogP contribution in [0.4, 0.5) is 24.5 Å². The lowest BCUT2D eigenvalue weighted by Gasteiger charge is -2.48. The summed E-state index contributed by atoms with van der Waals surface area (Å²) in [6.07, 6.45) is 0.131. The highest BCUT2D eigenvalue weighted by Gasteiger charge is 2.45. The molecule has 0 atom stereocenters. The highest BCUT2D eigenvalue weighted by Crippen LogP contribution is 2.41. The van der Waals surface area contributed by atoms with Crippen LogP contribution in [0.1, 0.15) is 48.9 Å². The Balaban J connectivity index is 1.94. The SMILES string of the molecule is CN(C(=S)N(c1ccc(CCCC(=O)O)cc1)C1(C=O)CCC1)c1cnc(C#N)c(C(F)(F)F)c1. The van der Waals surface area contributed by atoms with Gasteiger partial charge in [-0.25, -0.2) is 4.98 Å². The molecule has 0 radical (unpaired) electrons. The number of benzene rings is 1. The molecule has 1 heterocycles. The predicted molar refractivity (Wildman–Crippen MR) is 127 cm³/mol. The second kappa shape index (κ2) is 10.4. The lowest BCUT2D eigenvalue weighted by Crippen LogP contribution is -2.60. The van der Waals surface area contributed by atoms with Crippen LogP contribution in [-0.4, -0.2) is 40.0 Å². The Bertz CT molecular complexity index is 1160. The smallest absolute Gasteiger partial charge is 0.419 e. The summed E-state index contributed by atoms with van der Waals surface area (Å²) in [7, 11) is 1.48. The number of carbonyl (C=O) groups excluding carboxylic acids is 1. The van der Waals surface area contributed by atoms with E-state index in [0.717, 1.165) is 30.5 Å². The highest BCUT2D eigenvalue weighted by molar-refractivity contribution is 7.80. The topological polar surface area (TPSA) is 97.5 Å². The molecule has 1 aliphatic carbocycles. The Hall–Kier alpha value is -3.52. The zero-order valence-electron chi connectivity index (χ0n) is 18.9. The van der Waals surface area contributed by atoms with Gasteiger partial charge in [0.25, 0.3) is 0 Å². The van der Waals surface area contributed by atoms with Crippen molar-refractivity contribution in [1.29, 1.82) is 5.26 Å². The van der Waals surface area contributed by atoms with Crippen molar-refractivity contribution in [2.45, 2.75) is 50.2 Å². The average molecular weight is 505 g/mol. The third kappa shape index (κ3) is 5.59. The maximum absolute atomic E-state index is 13.4. The molecule has 1 aromatic heterocycles. The fourth-order valence-electron chi connectivity index (χ4n) is 3.95. The average Bonchev–Trinajstić information content (AvgIpc) is 2.80. The van der Waals surface area contributed by atoms with Crippen molar-refractivity contribution in [2.75, 3.05) is 16.8 Å². The number of rotatable bonds is 8. The molecular weight excluding hydrogens is 481 g/mol. The largest absolute Gasteiger partial charge is 0.481 e. The Kier molecular flexibility index (Phi) is 7.75. The molecule has 1 aromatic carbocycles. The zero-order valence-corrected chi connectivity index (χ0v) is 19.7. The first-order valence-corrected chi connectivity index (χ1v) is 11.3. The fourth-order valence-corrected chi connectivity index (χ4v) is 4.34. The first-order valence-electron chi connectivity index (χ1n) is 10.8. The molecule has 0 spiro atoms. The van der Waals surface area contributed by atoms with E-state index in [9.17, 15) is 22.8 Å². The van der Waals surface area contributed by atoms with Crippen LogP contribution in [0.15, 0.2) is 36.5 Å². The molecule has 1 N–H and O–H groups in total. The van der Waals surface area contributed by atoms with E-state index in [1.165, 1.54) is 18.0 Å². The lowest BCUT2D eigenvalue weighted by atomic mass is 9.76. The number of aromatic nitrogens is 1. The zero-order chi connectivity index (χ0) is 25.8. The predicted octanol–water partition coefficient (Wildman–Crippen LogP) is 4.73. The van der Waals surface area contributed by atoms with Crippen LogP contribution in [0.5, 0.6) is 0 Å². The van der Waals surface area contributed by atoms with E-state index in [2.05, 4.69) is 4.98 Å². The molecule has 0 bridgehead atoms. The monoisotopic (exact) mass is 504 g/mol. The minimum absolute atomic E-state index is 0.0250. The molecule has 0 saturated heterocycles. The summed E-state index contributed by atoms with van der Waals surface area (Å²) in [4.78, 5) is 29.5. The van der Waals surface area contributed by atoms with E-state index in [1.54, 1.807) is 17.0 Å². The Morgan fingerprint density at radius 3 is 2.43 bits per heavy atom. The number of anilines is 2. The number of carboxylic acids is 1. The van der Waals surface area contributed by atoms with E-state index in [1.807, 2.05) is 12.1 Å². The Morgan fingerprint density at radius 2 is 1.94 bits per heavy atom. The highest BCUT2D eigenvalue weighted by atomic mass is 32.1. The Labute approximate surface area is 205 Å². The van der Waals surface area contributed by atoms with Gasteiger partial charge in [-0.05, 0) is 68.1 Å². The number of aliphatic carboxylic acids is 1. The van der Waals surface area contributed by atoms with Gasteiger partial charge in [0.15, 0.2) is 10.8 Å². The van der Waals surface area contributed by atoms with Gasteiger partial charge in [0, 0.05) is 19.2 Å². The molecule has 184 valence electrons. The maximum Gasteiger partial charge on any atom is 0.419 e. The van der Waals surface area contributed by atoms with E-state index >= 15 is 0 Å². The number of aryl methyl sites for hydroxylation is 1. The number of halogens is 3. The number of carboxylic acid groups (broad SMARTS) is 1. The maximum atomic E-state index is 13.4. The summed E-state index contributed by atoms with van der Waals surface area (Å²) in [5.41, 5.74) is -1.31. The molecule has 7 nitrogen and oxygen atoms in total. The summed E-state index contributed by atoms with van der Waals surface area (Å²) in [6.45, 7) is 0. The molecule has 1 fully saturated rings. The normalized spacial score (nSPS) is 14.4. The van der Waals surface area contributed by atoms with Crippen LogP contribution >= 0.6 is 12.2 Å². The van der Waals surface area contributed by atoms with Crippen LogP contribution in [-0.2, 0) is 22.2 Å². The number of alkyl halides is 3. The van der Waals surface area contributed by atoms with Crippen molar-refractivity contribution in [3.8, 4) is 6.07 Å². The van der Waals surface area contributed by atoms with E-state index in [4.69, 9.17) is 22.6 Å². The molecule has 11 heteroatoms. The molecule has 35 heavy (non-hydrogen) atoms. The van der Waals surface area contributed by atoms with E-state index in [-0.39, 0.29) is 17.2 Å². The summed E-state index contributed by atoms with van der Waals surface area (Å²) >= 11 is 5.66. The van der Waals surface area contributed by atoms with Gasteiger partial charge >= 0.3 is 12.1 Å². The Morgan fingerprint density at radius 1 is 1.29 bits per heavy atom. The first kappa shape index (κ1) is 26.1. The third-order valence-electron chi connectivity index (χ3n) is 6.08. The van der Waals surface area contributed by atoms with E-state index in [0.29, 0.717) is 31.4 Å². The summed E-state index contributed by atoms with van der Waals surface area (Å²) in [5.74, 6) is -0.870. The molecular formula is C24H23F3N4O3S. The lowest BCUT2D eigenvalue weighted by molar-refractivity contribution is -0.138. The van der Waals surface area contributed by atoms with Crippen molar-refractivity contribution in [1.82, 2.24) is 4.98 Å². The van der Waals surface area contributed by atoms with Crippen LogP contribution in [0.25, 0.3) is 0 Å². The van der Waals surface area contributed by atoms with Crippen LogP contribution in [0.2, 0.25) is 0 Å². The quantitative estimate of drug-likeness (QED) is 0.407. The van der Waals surface area contributed by atoms with Crippen LogP contribution in [0.3, 0.4) is 0 Å². The van der Waals surface area contributed by atoms with Crippen molar-refractivity contribution in [2.24, 2.45) is 0 Å². The minimum Gasteiger partial charge on any atom is -0.481 e. The van der Waals surface area contributed by atoms with Crippen molar-refractivity contribution < 1.29 is 27.9 Å². The standard InChI is InChI=1S/C24H23F3N4O3S/c1-30(18-12-19(24(25,26)27)20(13-28)29-14-18)22(35)31(23(15-32)10-3-11-23)17-8-6-16(7-9-17)4-2-5-21(33)34/h6-9,12,14-15H,2-5,10-11H2,1H3,(H,33,34). The van der Waals surface area contributed by atoms with Gasteiger partial charge in [0.05, 0.1) is 17.4 Å². The summed E-state index contributed by atoms with van der Waals surface area (Å²) < 4.78 is 40.3. The first-order chi connectivity index (χ1) is 16.5. The number of aldehydes is 1. The van der Waals surface area contributed by atoms with E-state index < -0.39 is 28.9 Å². The third-order valence-corrected chi connectivity index (χ3v) is 6.54. The summed E-state index contributed by atoms with van der Waals surface area (Å²) in [6, 6.07) is 9.42. The van der Waals surface area contributed by atoms with Gasteiger partial charge in [-0.2, -0.15) is 18.4 Å². The van der Waals surface area contributed by atoms with Gasteiger partial charge in [0.2, 0.25) is 0 Å². The second-order valence-electron chi connectivity index (χ2n) is 8.36. The van der Waals surface area contributed by atoms with Gasteiger partial charge in [0.1, 0.15) is 17.9 Å². The summed E-state index contributed by atoms with van der Waals surface area (Å²) in [5, 5.41) is 17.9. The molecule has 0 amide bonds. The van der Waals surface area contributed by atoms with Crippen LogP contribution < -0.4 is 9.80 Å².